The summed E-state index contributed by atoms with van der Waals surface area (Å²) in [4.78, 5) is 38.4. The van der Waals surface area contributed by atoms with Crippen LogP contribution in [0.15, 0.2) is 18.2 Å². The number of likely N-dealkylation sites (tertiary alicyclic amines) is 1. The first-order valence-electron chi connectivity index (χ1n) is 7.23. The molecule has 23 heavy (non-hydrogen) atoms. The highest BCUT2D eigenvalue weighted by Crippen LogP contribution is 2.43. The first kappa shape index (κ1) is 13.8. The number of nitrogens with one attached hydrogen (secondary N) is 1. The van der Waals surface area contributed by atoms with Gasteiger partial charge in [-0.15, -0.1) is 0 Å². The number of carbonyl (C=O) groups excluding carboxylic acids is 3. The smallest absolute Gasteiger partial charge is 0.327 e. The normalized spacial score (nSPS) is 23.1. The maximum atomic E-state index is 12.7. The number of aryl methyl sites for hydroxylation is 1. The molecular weight excluding hydrogens is 298 g/mol. The Balaban J connectivity index is 2.12. The van der Waals surface area contributed by atoms with Gasteiger partial charge in [0.15, 0.2) is 5.54 Å². The number of aromatic nitrogens is 1. The van der Waals surface area contributed by atoms with E-state index in [0.29, 0.717) is 16.8 Å². The molecule has 3 heterocycles. The summed E-state index contributed by atoms with van der Waals surface area (Å²) < 4.78 is 6.86. The highest BCUT2D eigenvalue weighted by molar-refractivity contribution is 6.14. The summed E-state index contributed by atoms with van der Waals surface area (Å²) in [6, 6.07) is 5.01. The summed E-state index contributed by atoms with van der Waals surface area (Å²) in [5.74, 6) is -0.159. The lowest BCUT2D eigenvalue weighted by molar-refractivity contribution is -0.138. The van der Waals surface area contributed by atoms with E-state index >= 15 is 0 Å². The summed E-state index contributed by atoms with van der Waals surface area (Å²) >= 11 is 0. The predicted octanol–water partition coefficient (Wildman–Crippen LogP) is 1.11. The molecule has 1 saturated heterocycles. The number of methoxy groups -OCH3 is 1. The van der Waals surface area contributed by atoms with Gasteiger partial charge >= 0.3 is 6.03 Å². The van der Waals surface area contributed by atoms with E-state index in [2.05, 4.69) is 5.32 Å². The van der Waals surface area contributed by atoms with Gasteiger partial charge in [-0.3, -0.25) is 19.1 Å². The van der Waals surface area contributed by atoms with Crippen LogP contribution in [0.4, 0.5) is 4.79 Å². The monoisotopic (exact) mass is 313 g/mol. The van der Waals surface area contributed by atoms with E-state index < -0.39 is 17.5 Å². The van der Waals surface area contributed by atoms with Crippen LogP contribution in [0.25, 0.3) is 10.9 Å². The van der Waals surface area contributed by atoms with Gasteiger partial charge < -0.3 is 10.1 Å². The Morgan fingerprint density at radius 1 is 1.22 bits per heavy atom. The van der Waals surface area contributed by atoms with Gasteiger partial charge in [0.05, 0.1) is 19.0 Å². The average molecular weight is 313 g/mol. The quantitative estimate of drug-likeness (QED) is 0.800. The number of carbonyl (C=O) groups is 3. The fourth-order valence-electron chi connectivity index (χ4n) is 3.59. The van der Waals surface area contributed by atoms with Gasteiger partial charge in [-0.05, 0) is 25.1 Å². The van der Waals surface area contributed by atoms with Crippen LogP contribution in [0.5, 0.6) is 5.75 Å². The molecule has 1 spiro atoms. The van der Waals surface area contributed by atoms with E-state index in [1.165, 1.54) is 11.6 Å². The molecule has 4 rings (SSSR count). The third-order valence-corrected chi connectivity index (χ3v) is 4.73. The van der Waals surface area contributed by atoms with Crippen molar-refractivity contribution in [2.75, 3.05) is 14.2 Å². The van der Waals surface area contributed by atoms with Crippen LogP contribution in [0.2, 0.25) is 0 Å². The first-order valence-corrected chi connectivity index (χ1v) is 7.23. The Kier molecular flexibility index (Phi) is 2.48. The number of hydrogen-bond acceptors (Lipinski definition) is 4. The molecule has 1 aromatic heterocycles. The number of hydrogen-bond donors (Lipinski definition) is 1. The van der Waals surface area contributed by atoms with E-state index in [1.807, 2.05) is 19.1 Å². The van der Waals surface area contributed by atoms with Gasteiger partial charge in [0.25, 0.3) is 5.91 Å². The molecule has 2 aliphatic rings. The number of amides is 3. The summed E-state index contributed by atoms with van der Waals surface area (Å²) in [7, 11) is 2.97. The molecule has 1 aromatic carbocycles. The minimum absolute atomic E-state index is 0.0828. The second-order valence-corrected chi connectivity index (χ2v) is 6.00. The number of rotatable bonds is 1. The molecule has 0 radical (unpaired) electrons. The SMILES string of the molecule is COc1cc2c3c(c1)cc(C)n3C(=O)NC21CC(=O)N(C)C1=O. The molecule has 2 aromatic rings. The number of benzene rings is 1. The molecule has 1 unspecified atom stereocenters. The lowest BCUT2D eigenvalue weighted by Gasteiger charge is -2.33. The fraction of sp³-hybridized carbons (Fsp3) is 0.312. The molecule has 1 atom stereocenters. The molecule has 0 saturated carbocycles. The van der Waals surface area contributed by atoms with Gasteiger partial charge in [-0.1, -0.05) is 0 Å². The maximum Gasteiger partial charge on any atom is 0.327 e. The minimum atomic E-state index is -1.35. The van der Waals surface area contributed by atoms with Crippen molar-refractivity contribution in [3.8, 4) is 5.75 Å². The number of imide groups is 1. The molecule has 2 aliphatic heterocycles. The molecule has 118 valence electrons. The Morgan fingerprint density at radius 2 is 1.96 bits per heavy atom. The zero-order valence-electron chi connectivity index (χ0n) is 13.0. The maximum absolute atomic E-state index is 12.7. The van der Waals surface area contributed by atoms with Crippen LogP contribution < -0.4 is 10.1 Å². The van der Waals surface area contributed by atoms with Crippen molar-refractivity contribution in [3.63, 3.8) is 0 Å². The molecule has 1 N–H and O–H groups in total. The van der Waals surface area contributed by atoms with Crippen molar-refractivity contribution in [1.82, 2.24) is 14.8 Å². The van der Waals surface area contributed by atoms with E-state index in [-0.39, 0.29) is 12.3 Å². The van der Waals surface area contributed by atoms with E-state index in [4.69, 9.17) is 4.74 Å². The van der Waals surface area contributed by atoms with Crippen LogP contribution in [-0.4, -0.2) is 41.5 Å². The average Bonchev–Trinajstić information content (AvgIpc) is 2.95. The number of ether oxygens (including phenoxy) is 1. The Morgan fingerprint density at radius 3 is 2.57 bits per heavy atom. The Labute approximate surface area is 131 Å². The molecule has 7 nitrogen and oxygen atoms in total. The predicted molar refractivity (Wildman–Crippen MR) is 81.2 cm³/mol. The van der Waals surface area contributed by atoms with Gasteiger partial charge in [-0.25, -0.2) is 4.79 Å². The summed E-state index contributed by atoms with van der Waals surface area (Å²) in [6.45, 7) is 1.82. The number of fused-ring (bicyclic) bond motifs is 1. The Hall–Kier alpha value is -2.83. The third-order valence-electron chi connectivity index (χ3n) is 4.73. The third kappa shape index (κ3) is 1.51. The van der Waals surface area contributed by atoms with E-state index in [1.54, 1.807) is 13.2 Å². The summed E-state index contributed by atoms with van der Waals surface area (Å²) in [5.41, 5.74) is 0.661. The van der Waals surface area contributed by atoms with E-state index in [9.17, 15) is 14.4 Å². The summed E-state index contributed by atoms with van der Waals surface area (Å²) in [6.07, 6.45) is -0.0828. The minimum Gasteiger partial charge on any atom is -0.497 e. The topological polar surface area (TPSA) is 80.6 Å². The van der Waals surface area contributed by atoms with E-state index in [0.717, 1.165) is 16.0 Å². The molecular formula is C16H15N3O4. The van der Waals surface area contributed by atoms with Crippen molar-refractivity contribution >= 4 is 28.7 Å². The lowest BCUT2D eigenvalue weighted by Crippen LogP contribution is -2.55. The van der Waals surface area contributed by atoms with Crippen molar-refractivity contribution < 1.29 is 19.1 Å². The van der Waals surface area contributed by atoms with Crippen molar-refractivity contribution in [1.29, 1.82) is 0 Å². The second-order valence-electron chi connectivity index (χ2n) is 6.00. The van der Waals surface area contributed by atoms with Crippen LogP contribution in [0.1, 0.15) is 17.7 Å². The van der Waals surface area contributed by atoms with Crippen molar-refractivity contribution in [2.24, 2.45) is 0 Å². The molecule has 0 bridgehead atoms. The van der Waals surface area contributed by atoms with Gasteiger partial charge in [0.1, 0.15) is 5.75 Å². The van der Waals surface area contributed by atoms with Crippen LogP contribution in [0.3, 0.4) is 0 Å². The van der Waals surface area contributed by atoms with Gasteiger partial charge in [-0.2, -0.15) is 0 Å². The van der Waals surface area contributed by atoms with Crippen LogP contribution in [0, 0.1) is 6.92 Å². The zero-order chi connectivity index (χ0) is 16.5. The highest BCUT2D eigenvalue weighted by Gasteiger charge is 2.55. The zero-order valence-corrected chi connectivity index (χ0v) is 13.0. The largest absolute Gasteiger partial charge is 0.497 e. The van der Waals surface area contributed by atoms with Crippen molar-refractivity contribution in [3.05, 3.63) is 29.5 Å². The lowest BCUT2D eigenvalue weighted by atomic mass is 9.85. The van der Waals surface area contributed by atoms with Crippen LogP contribution in [-0.2, 0) is 15.1 Å². The highest BCUT2D eigenvalue weighted by atomic mass is 16.5. The number of likely N-dealkylation sites (N-methyl/N-ethyl adjacent to an activating group) is 1. The van der Waals surface area contributed by atoms with Gasteiger partial charge in [0.2, 0.25) is 5.91 Å². The molecule has 1 fully saturated rings. The Bertz CT molecular complexity index is 914. The van der Waals surface area contributed by atoms with Crippen LogP contribution >= 0.6 is 0 Å². The second kappa shape index (κ2) is 4.13. The van der Waals surface area contributed by atoms with Gasteiger partial charge in [0, 0.05) is 23.7 Å². The molecule has 3 amide bonds. The fourth-order valence-corrected chi connectivity index (χ4v) is 3.59. The molecule has 0 aliphatic carbocycles. The first-order chi connectivity index (χ1) is 10.9. The number of nitrogens with zero attached hydrogens (tertiary/aromatic N) is 2. The van der Waals surface area contributed by atoms with Crippen molar-refractivity contribution in [2.45, 2.75) is 18.9 Å². The standard InChI is InChI=1S/C16H15N3O4/c1-8-4-9-5-10(23-3)6-11-13(9)19(8)15(22)17-16(11)7-12(20)18(2)14(16)21/h4-6H,7H2,1-3H3,(H,17,22). The summed E-state index contributed by atoms with van der Waals surface area (Å²) in [5, 5.41) is 3.56. The molecule has 7 heteroatoms.